The highest BCUT2D eigenvalue weighted by Crippen LogP contribution is 2.41. The van der Waals surface area contributed by atoms with Gasteiger partial charge in [-0.2, -0.15) is 5.06 Å². The molecule has 134 valence electrons. The average Bonchev–Trinajstić information content (AvgIpc) is 3.00. The molecule has 1 aliphatic carbocycles. The summed E-state index contributed by atoms with van der Waals surface area (Å²) < 4.78 is 13.0. The number of fused-ring (bicyclic) bond motifs is 1. The fourth-order valence-electron chi connectivity index (χ4n) is 3.94. The van der Waals surface area contributed by atoms with Gasteiger partial charge >= 0.3 is 0 Å². The summed E-state index contributed by atoms with van der Waals surface area (Å²) in [4.78, 5) is 24.7. The molecule has 1 spiro atoms. The van der Waals surface area contributed by atoms with Crippen molar-refractivity contribution in [2.24, 2.45) is 5.41 Å². The quantitative estimate of drug-likeness (QED) is 0.644. The van der Waals surface area contributed by atoms with E-state index >= 15 is 0 Å². The summed E-state index contributed by atoms with van der Waals surface area (Å²) in [5.41, 5.74) is 2.37. The summed E-state index contributed by atoms with van der Waals surface area (Å²) in [7, 11) is 0. The molecule has 1 fully saturated rings. The van der Waals surface area contributed by atoms with Crippen LogP contribution in [0.25, 0.3) is 0 Å². The average molecular weight is 354 g/mol. The predicted octanol–water partition coefficient (Wildman–Crippen LogP) is 2.86. The third-order valence-electron chi connectivity index (χ3n) is 5.49. The van der Waals surface area contributed by atoms with Crippen LogP contribution in [0.1, 0.15) is 34.3 Å². The lowest BCUT2D eigenvalue weighted by molar-refractivity contribution is -0.128. The summed E-state index contributed by atoms with van der Waals surface area (Å²) >= 11 is 0. The van der Waals surface area contributed by atoms with E-state index in [2.05, 4.69) is 5.32 Å². The maximum Gasteiger partial charge on any atom is 0.281 e. The molecule has 1 saturated heterocycles. The van der Waals surface area contributed by atoms with Crippen molar-refractivity contribution in [3.05, 3.63) is 65.0 Å². The lowest BCUT2D eigenvalue weighted by Crippen LogP contribution is -2.36. The van der Waals surface area contributed by atoms with E-state index in [1.165, 1.54) is 24.3 Å². The van der Waals surface area contributed by atoms with Crippen LogP contribution in [0.2, 0.25) is 0 Å². The molecule has 4 rings (SSSR count). The van der Waals surface area contributed by atoms with Crippen LogP contribution in [0.5, 0.6) is 0 Å². The molecule has 1 atom stereocenters. The monoisotopic (exact) mass is 354 g/mol. The fourth-order valence-corrected chi connectivity index (χ4v) is 3.94. The Morgan fingerprint density at radius 2 is 1.88 bits per heavy atom. The number of carbonyl (C=O) groups is 2. The SMILES string of the molecule is O=C(c1ccc2c(c1)CC[C@]1(CCNC1=O)C2)N(O)c1ccc(F)cc1. The summed E-state index contributed by atoms with van der Waals surface area (Å²) in [6, 6.07) is 10.4. The van der Waals surface area contributed by atoms with Crippen molar-refractivity contribution in [1.82, 2.24) is 5.32 Å². The van der Waals surface area contributed by atoms with Crippen molar-refractivity contribution in [2.45, 2.75) is 25.7 Å². The van der Waals surface area contributed by atoms with Crippen LogP contribution in [-0.4, -0.2) is 23.6 Å². The Kier molecular flexibility index (Phi) is 4.00. The van der Waals surface area contributed by atoms with Gasteiger partial charge in [-0.25, -0.2) is 4.39 Å². The van der Waals surface area contributed by atoms with E-state index in [0.29, 0.717) is 17.0 Å². The largest absolute Gasteiger partial charge is 0.356 e. The second kappa shape index (κ2) is 6.21. The van der Waals surface area contributed by atoms with Crippen LogP contribution in [0, 0.1) is 11.2 Å². The maximum atomic E-state index is 13.0. The zero-order chi connectivity index (χ0) is 18.3. The van der Waals surface area contributed by atoms with Crippen molar-refractivity contribution in [1.29, 1.82) is 0 Å². The second-order valence-corrected chi connectivity index (χ2v) is 7.04. The van der Waals surface area contributed by atoms with Gasteiger partial charge in [-0.15, -0.1) is 0 Å². The van der Waals surface area contributed by atoms with Crippen LogP contribution in [0.4, 0.5) is 10.1 Å². The molecule has 2 aliphatic rings. The number of carbonyl (C=O) groups excluding carboxylic acids is 2. The maximum absolute atomic E-state index is 13.0. The van der Waals surface area contributed by atoms with Crippen LogP contribution >= 0.6 is 0 Å². The highest BCUT2D eigenvalue weighted by Gasteiger charge is 2.44. The van der Waals surface area contributed by atoms with Gasteiger partial charge in [0.05, 0.1) is 11.1 Å². The number of halogens is 1. The lowest BCUT2D eigenvalue weighted by atomic mass is 9.70. The lowest BCUT2D eigenvalue weighted by Gasteiger charge is -2.32. The fraction of sp³-hybridized carbons (Fsp3) is 0.300. The zero-order valence-corrected chi connectivity index (χ0v) is 14.2. The molecule has 0 unspecified atom stereocenters. The molecule has 6 heteroatoms. The third kappa shape index (κ3) is 2.76. The number of hydrogen-bond acceptors (Lipinski definition) is 3. The minimum absolute atomic E-state index is 0.126. The number of hydrogen-bond donors (Lipinski definition) is 2. The van der Waals surface area contributed by atoms with Crippen LogP contribution < -0.4 is 10.4 Å². The van der Waals surface area contributed by atoms with Crippen molar-refractivity contribution >= 4 is 17.5 Å². The summed E-state index contributed by atoms with van der Waals surface area (Å²) in [6.07, 6.45) is 3.03. The van der Waals surface area contributed by atoms with E-state index < -0.39 is 11.7 Å². The molecule has 1 heterocycles. The van der Waals surface area contributed by atoms with E-state index in [9.17, 15) is 19.2 Å². The molecule has 0 bridgehead atoms. The number of rotatable bonds is 2. The normalized spacial score (nSPS) is 21.4. The Hall–Kier alpha value is -2.73. The minimum atomic E-state index is -0.571. The van der Waals surface area contributed by atoms with E-state index in [-0.39, 0.29) is 17.0 Å². The Morgan fingerprint density at radius 3 is 2.58 bits per heavy atom. The van der Waals surface area contributed by atoms with Crippen molar-refractivity contribution in [3.8, 4) is 0 Å². The standard InChI is InChI=1S/C20H19FN2O3/c21-16-3-5-17(6-4-16)23(26)18(24)14-1-2-15-12-20(8-7-13(15)11-14)9-10-22-19(20)25/h1-6,11,26H,7-10,12H2,(H,22,25)/t20-/m0/s1. The summed E-state index contributed by atoms with van der Waals surface area (Å²) in [6.45, 7) is 0.724. The zero-order valence-electron chi connectivity index (χ0n) is 14.2. The van der Waals surface area contributed by atoms with Gasteiger partial charge in [-0.1, -0.05) is 6.07 Å². The Morgan fingerprint density at radius 1 is 1.12 bits per heavy atom. The molecule has 1 aliphatic heterocycles. The number of hydroxylamine groups is 1. The number of aryl methyl sites for hydroxylation is 1. The highest BCUT2D eigenvalue weighted by atomic mass is 19.1. The Bertz CT molecular complexity index is 881. The minimum Gasteiger partial charge on any atom is -0.356 e. The van der Waals surface area contributed by atoms with Gasteiger partial charge in [0, 0.05) is 12.1 Å². The first kappa shape index (κ1) is 16.7. The first-order valence-electron chi connectivity index (χ1n) is 8.68. The van der Waals surface area contributed by atoms with Crippen molar-refractivity contribution in [2.75, 3.05) is 11.6 Å². The molecular weight excluding hydrogens is 335 g/mol. The number of nitrogens with zero attached hydrogens (tertiary/aromatic N) is 1. The summed E-state index contributed by atoms with van der Waals surface area (Å²) in [5.74, 6) is -0.882. The third-order valence-corrected chi connectivity index (χ3v) is 5.49. The highest BCUT2D eigenvalue weighted by molar-refractivity contribution is 6.04. The molecule has 2 amide bonds. The molecule has 5 nitrogen and oxygen atoms in total. The first-order chi connectivity index (χ1) is 12.5. The number of nitrogens with one attached hydrogen (secondary N) is 1. The smallest absolute Gasteiger partial charge is 0.281 e. The molecule has 26 heavy (non-hydrogen) atoms. The van der Waals surface area contributed by atoms with Gasteiger partial charge in [0.15, 0.2) is 0 Å². The summed E-state index contributed by atoms with van der Waals surface area (Å²) in [5, 5.41) is 13.6. The van der Waals surface area contributed by atoms with Gasteiger partial charge < -0.3 is 5.32 Å². The van der Waals surface area contributed by atoms with Crippen molar-refractivity contribution in [3.63, 3.8) is 0 Å². The number of benzene rings is 2. The molecule has 2 N–H and O–H groups in total. The first-order valence-corrected chi connectivity index (χ1v) is 8.68. The van der Waals surface area contributed by atoms with E-state index in [0.717, 1.165) is 36.9 Å². The van der Waals surface area contributed by atoms with Crippen LogP contribution in [0.3, 0.4) is 0 Å². The van der Waals surface area contributed by atoms with E-state index in [1.807, 2.05) is 6.07 Å². The second-order valence-electron chi connectivity index (χ2n) is 7.04. The topological polar surface area (TPSA) is 69.6 Å². The molecule has 0 aromatic heterocycles. The molecule has 2 aromatic rings. The molecule has 0 radical (unpaired) electrons. The molecular formula is C20H19FN2O3. The van der Waals surface area contributed by atoms with Gasteiger partial charge in [0.2, 0.25) is 5.91 Å². The van der Waals surface area contributed by atoms with Gasteiger partial charge in [0.1, 0.15) is 5.82 Å². The van der Waals surface area contributed by atoms with E-state index in [4.69, 9.17) is 0 Å². The predicted molar refractivity (Wildman–Crippen MR) is 93.5 cm³/mol. The Balaban J connectivity index is 1.57. The van der Waals surface area contributed by atoms with E-state index in [1.54, 1.807) is 12.1 Å². The Labute approximate surface area is 150 Å². The van der Waals surface area contributed by atoms with Crippen LogP contribution in [-0.2, 0) is 17.6 Å². The van der Waals surface area contributed by atoms with Gasteiger partial charge in [-0.3, -0.25) is 14.8 Å². The molecule has 0 saturated carbocycles. The van der Waals surface area contributed by atoms with Crippen LogP contribution in [0.15, 0.2) is 42.5 Å². The number of anilines is 1. The molecule has 2 aromatic carbocycles. The van der Waals surface area contributed by atoms with Gasteiger partial charge in [-0.05, 0) is 73.2 Å². The number of amides is 2. The van der Waals surface area contributed by atoms with Gasteiger partial charge in [0.25, 0.3) is 5.91 Å². The van der Waals surface area contributed by atoms with Crippen molar-refractivity contribution < 1.29 is 19.2 Å².